The highest BCUT2D eigenvalue weighted by Crippen LogP contribution is 2.14. The van der Waals surface area contributed by atoms with Gasteiger partial charge in [-0.25, -0.2) is 0 Å². The van der Waals surface area contributed by atoms with Crippen LogP contribution in [0.5, 0.6) is 0 Å². The Bertz CT molecular complexity index is 661. The van der Waals surface area contributed by atoms with E-state index in [0.29, 0.717) is 6.54 Å². The van der Waals surface area contributed by atoms with Crippen LogP contribution in [0.25, 0.3) is 0 Å². The Kier molecular flexibility index (Phi) is 7.09. The van der Waals surface area contributed by atoms with E-state index >= 15 is 0 Å². The molecule has 1 aliphatic rings. The molecule has 5 heteroatoms. The second-order valence-electron chi connectivity index (χ2n) is 7.05. The molecule has 0 saturated carbocycles. The summed E-state index contributed by atoms with van der Waals surface area (Å²) < 4.78 is 5.55. The number of anilines is 1. The maximum Gasteiger partial charge on any atom is 0.173 e. The second-order valence-corrected chi connectivity index (χ2v) is 7.44. The SMILES string of the molecule is Cc1ccc(NC(=S)N(CCN2CCCCCC2)Cc2ccco2)cc1. The van der Waals surface area contributed by atoms with Crippen molar-refractivity contribution in [2.75, 3.05) is 31.5 Å². The number of hydrogen-bond donors (Lipinski definition) is 1. The van der Waals surface area contributed by atoms with Gasteiger partial charge in [0.05, 0.1) is 12.8 Å². The van der Waals surface area contributed by atoms with Crippen LogP contribution in [0.15, 0.2) is 47.1 Å². The minimum Gasteiger partial charge on any atom is -0.467 e. The standard InChI is InChI=1S/C21H29N3OS/c1-18-8-10-19(11-9-18)22-21(26)24(17-20-7-6-16-25-20)15-14-23-12-4-2-3-5-13-23/h6-11,16H,2-5,12-15,17H2,1H3,(H,22,26). The van der Waals surface area contributed by atoms with E-state index in [-0.39, 0.29) is 0 Å². The van der Waals surface area contributed by atoms with Gasteiger partial charge in [0.2, 0.25) is 0 Å². The molecule has 26 heavy (non-hydrogen) atoms. The first-order valence-electron chi connectivity index (χ1n) is 9.58. The van der Waals surface area contributed by atoms with Crippen molar-refractivity contribution in [3.8, 4) is 0 Å². The Labute approximate surface area is 162 Å². The van der Waals surface area contributed by atoms with Gasteiger partial charge in [0, 0.05) is 18.8 Å². The number of furan rings is 1. The van der Waals surface area contributed by atoms with Gasteiger partial charge >= 0.3 is 0 Å². The zero-order valence-electron chi connectivity index (χ0n) is 15.6. The average Bonchev–Trinajstić information content (AvgIpc) is 3.02. The van der Waals surface area contributed by atoms with Crippen LogP contribution in [0.4, 0.5) is 5.69 Å². The van der Waals surface area contributed by atoms with Crippen molar-refractivity contribution in [2.45, 2.75) is 39.2 Å². The predicted molar refractivity (Wildman–Crippen MR) is 111 cm³/mol. The molecule has 2 aromatic rings. The van der Waals surface area contributed by atoms with Crippen LogP contribution >= 0.6 is 12.2 Å². The van der Waals surface area contributed by atoms with Crippen LogP contribution in [-0.2, 0) is 6.54 Å². The molecule has 1 N–H and O–H groups in total. The molecular formula is C21H29N3OS. The van der Waals surface area contributed by atoms with E-state index in [4.69, 9.17) is 16.6 Å². The topological polar surface area (TPSA) is 31.6 Å². The molecule has 2 heterocycles. The highest BCUT2D eigenvalue weighted by atomic mass is 32.1. The molecule has 0 amide bonds. The normalized spacial score (nSPS) is 15.4. The number of likely N-dealkylation sites (tertiary alicyclic amines) is 1. The van der Waals surface area contributed by atoms with Crippen LogP contribution in [0.2, 0.25) is 0 Å². The number of benzene rings is 1. The lowest BCUT2D eigenvalue weighted by atomic mass is 10.2. The molecule has 1 aliphatic heterocycles. The molecule has 0 radical (unpaired) electrons. The molecule has 0 unspecified atom stereocenters. The lowest BCUT2D eigenvalue weighted by Crippen LogP contribution is -2.40. The summed E-state index contributed by atoms with van der Waals surface area (Å²) in [6.07, 6.45) is 7.06. The highest BCUT2D eigenvalue weighted by Gasteiger charge is 2.15. The smallest absolute Gasteiger partial charge is 0.173 e. The number of rotatable bonds is 6. The van der Waals surface area contributed by atoms with Gasteiger partial charge in [0.15, 0.2) is 5.11 Å². The van der Waals surface area contributed by atoms with Gasteiger partial charge in [0.1, 0.15) is 5.76 Å². The van der Waals surface area contributed by atoms with Crippen molar-refractivity contribution in [1.29, 1.82) is 0 Å². The zero-order valence-corrected chi connectivity index (χ0v) is 16.4. The maximum absolute atomic E-state index is 5.71. The summed E-state index contributed by atoms with van der Waals surface area (Å²) in [5, 5.41) is 4.13. The van der Waals surface area contributed by atoms with E-state index in [1.54, 1.807) is 6.26 Å². The molecule has 0 bridgehead atoms. The summed E-state index contributed by atoms with van der Waals surface area (Å²) in [5.74, 6) is 0.939. The number of aryl methyl sites for hydroxylation is 1. The Hall–Kier alpha value is -1.85. The summed E-state index contributed by atoms with van der Waals surface area (Å²) >= 11 is 5.71. The summed E-state index contributed by atoms with van der Waals surface area (Å²) in [7, 11) is 0. The summed E-state index contributed by atoms with van der Waals surface area (Å²) in [6.45, 7) is 7.12. The second kappa shape index (κ2) is 9.74. The van der Waals surface area contributed by atoms with E-state index in [2.05, 4.69) is 46.3 Å². The van der Waals surface area contributed by atoms with Gasteiger partial charge in [-0.2, -0.15) is 0 Å². The fraction of sp³-hybridized carbons (Fsp3) is 0.476. The van der Waals surface area contributed by atoms with Crippen LogP contribution < -0.4 is 5.32 Å². The molecular weight excluding hydrogens is 342 g/mol. The van der Waals surface area contributed by atoms with Crippen molar-refractivity contribution >= 4 is 23.0 Å². The zero-order chi connectivity index (χ0) is 18.2. The third-order valence-electron chi connectivity index (χ3n) is 4.90. The fourth-order valence-corrected chi connectivity index (χ4v) is 3.58. The minimum atomic E-state index is 0.693. The average molecular weight is 372 g/mol. The first kappa shape index (κ1) is 18.9. The first-order valence-corrected chi connectivity index (χ1v) is 9.99. The van der Waals surface area contributed by atoms with Crippen molar-refractivity contribution in [3.63, 3.8) is 0 Å². The van der Waals surface area contributed by atoms with Gasteiger partial charge in [-0.3, -0.25) is 0 Å². The van der Waals surface area contributed by atoms with Crippen LogP contribution in [0.3, 0.4) is 0 Å². The van der Waals surface area contributed by atoms with Gasteiger partial charge in [0.25, 0.3) is 0 Å². The number of thiocarbonyl (C=S) groups is 1. The molecule has 1 fully saturated rings. The van der Waals surface area contributed by atoms with E-state index in [1.165, 1.54) is 44.3 Å². The summed E-state index contributed by atoms with van der Waals surface area (Å²) in [6, 6.07) is 12.3. The first-order chi connectivity index (χ1) is 12.7. The number of nitrogens with zero attached hydrogens (tertiary/aromatic N) is 2. The Morgan fingerprint density at radius 2 is 1.85 bits per heavy atom. The van der Waals surface area contributed by atoms with Gasteiger partial charge in [-0.05, 0) is 69.3 Å². The van der Waals surface area contributed by atoms with E-state index in [0.717, 1.165) is 29.6 Å². The molecule has 1 aromatic heterocycles. The summed E-state index contributed by atoms with van der Waals surface area (Å²) in [5.41, 5.74) is 2.27. The monoisotopic (exact) mass is 371 g/mol. The van der Waals surface area contributed by atoms with Crippen molar-refractivity contribution < 1.29 is 4.42 Å². The van der Waals surface area contributed by atoms with Crippen molar-refractivity contribution in [2.24, 2.45) is 0 Å². The Morgan fingerprint density at radius 1 is 1.12 bits per heavy atom. The van der Waals surface area contributed by atoms with Crippen LogP contribution in [0.1, 0.15) is 37.0 Å². The van der Waals surface area contributed by atoms with Crippen molar-refractivity contribution in [1.82, 2.24) is 9.80 Å². The third kappa shape index (κ3) is 5.85. The molecule has 1 aromatic carbocycles. The molecule has 4 nitrogen and oxygen atoms in total. The molecule has 0 atom stereocenters. The summed E-state index contributed by atoms with van der Waals surface area (Å²) in [4.78, 5) is 4.77. The van der Waals surface area contributed by atoms with Crippen LogP contribution in [0, 0.1) is 6.92 Å². The minimum absolute atomic E-state index is 0.693. The maximum atomic E-state index is 5.71. The quantitative estimate of drug-likeness (QED) is 0.746. The third-order valence-corrected chi connectivity index (χ3v) is 5.26. The van der Waals surface area contributed by atoms with E-state index in [1.807, 2.05) is 12.1 Å². The molecule has 1 saturated heterocycles. The van der Waals surface area contributed by atoms with E-state index < -0.39 is 0 Å². The highest BCUT2D eigenvalue weighted by molar-refractivity contribution is 7.80. The largest absolute Gasteiger partial charge is 0.467 e. The van der Waals surface area contributed by atoms with E-state index in [9.17, 15) is 0 Å². The number of hydrogen-bond acceptors (Lipinski definition) is 3. The predicted octanol–water partition coefficient (Wildman–Crippen LogP) is 4.66. The van der Waals surface area contributed by atoms with Gasteiger partial charge in [-0.15, -0.1) is 0 Å². The fourth-order valence-electron chi connectivity index (χ4n) is 3.30. The molecule has 0 aliphatic carbocycles. The van der Waals surface area contributed by atoms with Gasteiger partial charge < -0.3 is 19.5 Å². The van der Waals surface area contributed by atoms with Crippen molar-refractivity contribution in [3.05, 3.63) is 54.0 Å². The lowest BCUT2D eigenvalue weighted by molar-refractivity contribution is 0.247. The Balaban J connectivity index is 1.61. The number of nitrogens with one attached hydrogen (secondary N) is 1. The lowest BCUT2D eigenvalue weighted by Gasteiger charge is -2.28. The Morgan fingerprint density at radius 3 is 2.50 bits per heavy atom. The molecule has 3 rings (SSSR count). The molecule has 140 valence electrons. The molecule has 0 spiro atoms. The van der Waals surface area contributed by atoms with Crippen LogP contribution in [-0.4, -0.2) is 41.1 Å². The van der Waals surface area contributed by atoms with Gasteiger partial charge in [-0.1, -0.05) is 30.5 Å².